The lowest BCUT2D eigenvalue weighted by Gasteiger charge is -2.09. The van der Waals surface area contributed by atoms with E-state index < -0.39 is 5.91 Å². The molecule has 3 N–H and O–H groups in total. The van der Waals surface area contributed by atoms with Gasteiger partial charge in [-0.3, -0.25) is 10.1 Å². The number of carbonyl (C=O) groups excluding carboxylic acids is 1. The number of carbonyl (C=O) groups is 1. The van der Waals surface area contributed by atoms with Crippen LogP contribution >= 0.6 is 35.4 Å². The number of aromatic hydroxyl groups is 1. The van der Waals surface area contributed by atoms with Gasteiger partial charge < -0.3 is 19.3 Å². The lowest BCUT2D eigenvalue weighted by atomic mass is 10.1. The first-order valence-corrected chi connectivity index (χ1v) is 12.1. The van der Waals surface area contributed by atoms with Crippen molar-refractivity contribution in [3.05, 3.63) is 94.7 Å². The third-order valence-electron chi connectivity index (χ3n) is 5.23. The van der Waals surface area contributed by atoms with Crippen LogP contribution < -0.4 is 10.6 Å². The minimum absolute atomic E-state index is 0.0301. The highest BCUT2D eigenvalue weighted by molar-refractivity contribution is 7.80. The van der Waals surface area contributed by atoms with Gasteiger partial charge in [-0.2, -0.15) is 0 Å². The van der Waals surface area contributed by atoms with E-state index in [1.165, 1.54) is 18.2 Å². The van der Waals surface area contributed by atoms with Gasteiger partial charge in [0.05, 0.1) is 5.56 Å². The molecule has 5 rings (SSSR count). The third-order valence-corrected chi connectivity index (χ3v) is 5.92. The highest BCUT2D eigenvalue weighted by Gasteiger charge is 2.14. The summed E-state index contributed by atoms with van der Waals surface area (Å²) in [6, 6.07) is 20.5. The fourth-order valence-corrected chi connectivity index (χ4v) is 4.00. The van der Waals surface area contributed by atoms with E-state index in [1.807, 2.05) is 12.1 Å². The van der Waals surface area contributed by atoms with Gasteiger partial charge in [0.2, 0.25) is 11.8 Å². The third kappa shape index (κ3) is 5.83. The van der Waals surface area contributed by atoms with E-state index in [2.05, 4.69) is 15.6 Å². The number of thiocarbonyl (C=S) groups is 1. The van der Waals surface area contributed by atoms with Gasteiger partial charge in [0, 0.05) is 27.4 Å². The van der Waals surface area contributed by atoms with Crippen LogP contribution in [-0.2, 0) is 4.79 Å². The molecular weight excluding hydrogens is 533 g/mol. The number of phenols is 1. The lowest BCUT2D eigenvalue weighted by molar-refractivity contribution is -0.115. The summed E-state index contributed by atoms with van der Waals surface area (Å²) in [5.74, 6) is 0.892. The molecule has 7 nitrogen and oxygen atoms in total. The number of benzene rings is 3. The summed E-state index contributed by atoms with van der Waals surface area (Å²) in [5, 5.41) is 17.0. The molecule has 0 unspecified atom stereocenters. The predicted molar refractivity (Wildman–Crippen MR) is 149 cm³/mol. The molecule has 37 heavy (non-hydrogen) atoms. The number of amides is 1. The maximum atomic E-state index is 12.3. The second-order valence-corrected chi connectivity index (χ2v) is 9.13. The molecule has 0 atom stereocenters. The first-order chi connectivity index (χ1) is 17.8. The fraction of sp³-hybridized carbons (Fsp3) is 0. The van der Waals surface area contributed by atoms with Crippen molar-refractivity contribution in [1.29, 1.82) is 0 Å². The molecule has 0 radical (unpaired) electrons. The highest BCUT2D eigenvalue weighted by atomic mass is 35.5. The Balaban J connectivity index is 1.23. The van der Waals surface area contributed by atoms with Crippen LogP contribution in [0.3, 0.4) is 0 Å². The molecule has 0 bridgehead atoms. The zero-order valence-electron chi connectivity index (χ0n) is 18.9. The molecule has 0 fully saturated rings. The summed E-state index contributed by atoms with van der Waals surface area (Å²) in [4.78, 5) is 16.7. The average Bonchev–Trinajstić information content (AvgIpc) is 3.51. The Morgan fingerprint density at radius 3 is 2.54 bits per heavy atom. The predicted octanol–water partition coefficient (Wildman–Crippen LogP) is 7.29. The van der Waals surface area contributed by atoms with Gasteiger partial charge in [0.15, 0.2) is 10.7 Å². The number of nitrogens with one attached hydrogen (secondary N) is 2. The van der Waals surface area contributed by atoms with Gasteiger partial charge in [0.1, 0.15) is 22.8 Å². The summed E-state index contributed by atoms with van der Waals surface area (Å²) < 4.78 is 11.5. The van der Waals surface area contributed by atoms with Gasteiger partial charge in [-0.05, 0) is 91.1 Å². The summed E-state index contributed by atoms with van der Waals surface area (Å²) >= 11 is 17.2. The van der Waals surface area contributed by atoms with E-state index in [0.29, 0.717) is 43.9 Å². The molecule has 5 aromatic rings. The summed E-state index contributed by atoms with van der Waals surface area (Å²) in [5.41, 5.74) is 2.82. The molecule has 3 aromatic carbocycles. The molecule has 0 saturated carbocycles. The largest absolute Gasteiger partial charge is 0.507 e. The number of phenolic OH excluding ortho intramolecular Hbond substituents is 1. The van der Waals surface area contributed by atoms with Gasteiger partial charge in [-0.25, -0.2) is 4.98 Å². The van der Waals surface area contributed by atoms with E-state index in [1.54, 1.807) is 54.6 Å². The Bertz CT molecular complexity index is 1660. The molecule has 0 saturated heterocycles. The van der Waals surface area contributed by atoms with E-state index >= 15 is 0 Å². The first kappa shape index (κ1) is 24.6. The van der Waals surface area contributed by atoms with Crippen LogP contribution in [0.15, 0.2) is 87.7 Å². The van der Waals surface area contributed by atoms with Crippen LogP contribution in [0.5, 0.6) is 5.75 Å². The minimum Gasteiger partial charge on any atom is -0.507 e. The van der Waals surface area contributed by atoms with Crippen molar-refractivity contribution in [2.45, 2.75) is 0 Å². The number of rotatable bonds is 5. The molecule has 0 aliphatic heterocycles. The molecule has 2 heterocycles. The standard InChI is InChI=1S/C27H17Cl2N3O4S/c28-16-3-1-15(2-4-16)23-11-7-19(35-23)8-12-25(34)32-27(37)30-18-6-9-22(33)20(14-18)26-31-21-13-17(29)5-10-24(21)36-26/h1-14,33H,(H2,30,32,34,37). The average molecular weight is 550 g/mol. The first-order valence-electron chi connectivity index (χ1n) is 10.9. The zero-order valence-corrected chi connectivity index (χ0v) is 21.2. The van der Waals surface area contributed by atoms with Crippen molar-refractivity contribution in [3.8, 4) is 28.5 Å². The summed E-state index contributed by atoms with van der Waals surface area (Å²) in [6.45, 7) is 0. The van der Waals surface area contributed by atoms with E-state index in [0.717, 1.165) is 5.56 Å². The number of hydrogen-bond acceptors (Lipinski definition) is 6. The van der Waals surface area contributed by atoms with Crippen LogP contribution in [0.4, 0.5) is 5.69 Å². The zero-order chi connectivity index (χ0) is 25.9. The van der Waals surface area contributed by atoms with Crippen LogP contribution in [0.25, 0.3) is 40.0 Å². The van der Waals surface area contributed by atoms with Crippen molar-refractivity contribution in [2.24, 2.45) is 0 Å². The monoisotopic (exact) mass is 549 g/mol. The van der Waals surface area contributed by atoms with E-state index in [-0.39, 0.29) is 16.8 Å². The second-order valence-electron chi connectivity index (χ2n) is 7.85. The fourth-order valence-electron chi connectivity index (χ4n) is 3.49. The van der Waals surface area contributed by atoms with E-state index in [9.17, 15) is 9.90 Å². The summed E-state index contributed by atoms with van der Waals surface area (Å²) in [6.07, 6.45) is 2.85. The Hall–Kier alpha value is -4.11. The second kappa shape index (κ2) is 10.5. The van der Waals surface area contributed by atoms with Crippen molar-refractivity contribution in [3.63, 3.8) is 0 Å². The number of aromatic nitrogens is 1. The SMILES string of the molecule is O=C(C=Cc1ccc(-c2ccc(Cl)cc2)o1)NC(=S)Nc1ccc(O)c(-c2nc3cc(Cl)ccc3o2)c1. The number of furan rings is 1. The molecular formula is C27H17Cl2N3O4S. The Morgan fingerprint density at radius 1 is 0.946 bits per heavy atom. The number of nitrogens with zero attached hydrogens (tertiary/aromatic N) is 1. The maximum Gasteiger partial charge on any atom is 0.250 e. The van der Waals surface area contributed by atoms with Crippen LogP contribution in [0, 0.1) is 0 Å². The van der Waals surface area contributed by atoms with Crippen molar-refractivity contribution in [1.82, 2.24) is 10.3 Å². The normalized spacial score (nSPS) is 11.2. The van der Waals surface area contributed by atoms with Crippen molar-refractivity contribution in [2.75, 3.05) is 5.32 Å². The quantitative estimate of drug-likeness (QED) is 0.120. The van der Waals surface area contributed by atoms with Crippen molar-refractivity contribution < 1.29 is 18.7 Å². The molecule has 0 aliphatic rings. The summed E-state index contributed by atoms with van der Waals surface area (Å²) in [7, 11) is 0. The number of anilines is 1. The minimum atomic E-state index is -0.447. The smallest absolute Gasteiger partial charge is 0.250 e. The molecule has 1 amide bonds. The lowest BCUT2D eigenvalue weighted by Crippen LogP contribution is -2.32. The number of halogens is 2. The number of fused-ring (bicyclic) bond motifs is 1. The Morgan fingerprint density at radius 2 is 1.73 bits per heavy atom. The molecule has 184 valence electrons. The number of hydrogen-bond donors (Lipinski definition) is 3. The molecule has 0 spiro atoms. The topological polar surface area (TPSA) is 101 Å². The van der Waals surface area contributed by atoms with Crippen LogP contribution in [0.2, 0.25) is 10.0 Å². The maximum absolute atomic E-state index is 12.3. The van der Waals surface area contributed by atoms with Crippen LogP contribution in [-0.4, -0.2) is 21.1 Å². The van der Waals surface area contributed by atoms with Gasteiger partial charge in [-0.15, -0.1) is 0 Å². The molecule has 2 aromatic heterocycles. The van der Waals surface area contributed by atoms with Gasteiger partial charge in [0.25, 0.3) is 0 Å². The Labute approximate surface area is 226 Å². The molecule has 0 aliphatic carbocycles. The van der Waals surface area contributed by atoms with Crippen LogP contribution in [0.1, 0.15) is 5.76 Å². The van der Waals surface area contributed by atoms with Gasteiger partial charge in [-0.1, -0.05) is 23.2 Å². The van der Waals surface area contributed by atoms with Crippen molar-refractivity contribution >= 4 is 69.3 Å². The van der Waals surface area contributed by atoms with E-state index in [4.69, 9.17) is 44.3 Å². The molecule has 10 heteroatoms. The highest BCUT2D eigenvalue weighted by Crippen LogP contribution is 2.34. The number of oxazole rings is 1. The Kier molecular flexibility index (Phi) is 6.96. The van der Waals surface area contributed by atoms with Gasteiger partial charge >= 0.3 is 0 Å².